The summed E-state index contributed by atoms with van der Waals surface area (Å²) in [6.45, 7) is 4.58. The lowest BCUT2D eigenvalue weighted by molar-refractivity contribution is 0.614. The molecule has 1 aliphatic rings. The first-order valence-electron chi connectivity index (χ1n) is 16.1. The third-order valence-corrected chi connectivity index (χ3v) is 9.36. The SMILES string of the molecule is CC1(C)c2cc(-c3cccc(-c4nc(-c5ccccc5)nc(-c5ccccc5)n4)c3)ccc2-c2cc3nc(-c4ccccc4)oc3cc21. The zero-order valence-corrected chi connectivity index (χ0v) is 26.6. The van der Waals surface area contributed by atoms with Gasteiger partial charge in [-0.15, -0.1) is 0 Å². The summed E-state index contributed by atoms with van der Waals surface area (Å²) >= 11 is 0. The minimum absolute atomic E-state index is 0.213. The van der Waals surface area contributed by atoms with E-state index in [2.05, 4.69) is 68.4 Å². The topological polar surface area (TPSA) is 64.7 Å². The van der Waals surface area contributed by atoms with E-state index in [0.717, 1.165) is 44.5 Å². The van der Waals surface area contributed by atoms with Crippen LogP contribution in [0.15, 0.2) is 150 Å². The number of benzene rings is 6. The average molecular weight is 619 g/mol. The minimum atomic E-state index is -0.213. The fourth-order valence-electron chi connectivity index (χ4n) is 6.81. The lowest BCUT2D eigenvalue weighted by Crippen LogP contribution is -2.15. The maximum absolute atomic E-state index is 6.27. The van der Waals surface area contributed by atoms with Crippen molar-refractivity contribution in [3.05, 3.63) is 157 Å². The van der Waals surface area contributed by atoms with Gasteiger partial charge in [0.2, 0.25) is 5.89 Å². The first kappa shape index (κ1) is 28.1. The summed E-state index contributed by atoms with van der Waals surface area (Å²) < 4.78 is 6.27. The van der Waals surface area contributed by atoms with E-state index in [0.29, 0.717) is 23.4 Å². The smallest absolute Gasteiger partial charge is 0.227 e. The largest absolute Gasteiger partial charge is 0.436 e. The molecule has 2 aromatic heterocycles. The van der Waals surface area contributed by atoms with Crippen LogP contribution in [-0.2, 0) is 5.41 Å². The van der Waals surface area contributed by atoms with Crippen molar-refractivity contribution in [2.75, 3.05) is 0 Å². The number of hydrogen-bond donors (Lipinski definition) is 0. The van der Waals surface area contributed by atoms with Gasteiger partial charge in [0.15, 0.2) is 23.1 Å². The van der Waals surface area contributed by atoms with Crippen molar-refractivity contribution in [1.82, 2.24) is 19.9 Å². The number of fused-ring (bicyclic) bond motifs is 4. The summed E-state index contributed by atoms with van der Waals surface area (Å²) in [4.78, 5) is 19.6. The van der Waals surface area contributed by atoms with Gasteiger partial charge in [0.1, 0.15) is 5.52 Å². The van der Waals surface area contributed by atoms with Crippen LogP contribution >= 0.6 is 0 Å². The van der Waals surface area contributed by atoms with Crippen LogP contribution in [0.4, 0.5) is 0 Å². The monoisotopic (exact) mass is 618 g/mol. The standard InChI is InChI=1S/C43H30N4O/c1-43(2)35-24-31(21-22-33(35)34-25-37-38(26-36(34)43)48-42(44-37)29-17-10-5-11-18-29)30-19-12-20-32(23-30)41-46-39(27-13-6-3-7-14-27)45-40(47-41)28-15-8-4-9-16-28/h3-26H,1-2H3. The van der Waals surface area contributed by atoms with E-state index in [-0.39, 0.29) is 5.41 Å². The van der Waals surface area contributed by atoms with Gasteiger partial charge in [-0.25, -0.2) is 19.9 Å². The summed E-state index contributed by atoms with van der Waals surface area (Å²) in [6, 6.07) is 49.8. The predicted molar refractivity (Wildman–Crippen MR) is 192 cm³/mol. The fraction of sp³-hybridized carbons (Fsp3) is 0.0698. The van der Waals surface area contributed by atoms with Gasteiger partial charge < -0.3 is 4.42 Å². The summed E-state index contributed by atoms with van der Waals surface area (Å²) in [5.74, 6) is 2.59. The third-order valence-electron chi connectivity index (χ3n) is 9.36. The molecule has 9 rings (SSSR count). The van der Waals surface area contributed by atoms with Crippen LogP contribution in [0.25, 0.3) is 79.0 Å². The summed E-state index contributed by atoms with van der Waals surface area (Å²) in [5.41, 5.74) is 12.5. The van der Waals surface area contributed by atoms with Crippen molar-refractivity contribution in [2.24, 2.45) is 0 Å². The minimum Gasteiger partial charge on any atom is -0.436 e. The number of hydrogen-bond acceptors (Lipinski definition) is 5. The van der Waals surface area contributed by atoms with Gasteiger partial charge in [-0.1, -0.05) is 123 Å². The molecule has 0 bridgehead atoms. The molecule has 0 atom stereocenters. The Kier molecular flexibility index (Phi) is 6.40. The molecule has 0 unspecified atom stereocenters. The Hall–Kier alpha value is -6.20. The zero-order chi connectivity index (χ0) is 32.2. The first-order chi connectivity index (χ1) is 23.5. The predicted octanol–water partition coefficient (Wildman–Crippen LogP) is 10.7. The highest BCUT2D eigenvalue weighted by Crippen LogP contribution is 2.51. The van der Waals surface area contributed by atoms with Crippen molar-refractivity contribution >= 4 is 11.1 Å². The zero-order valence-electron chi connectivity index (χ0n) is 26.6. The molecule has 2 heterocycles. The maximum atomic E-state index is 6.27. The Morgan fingerprint density at radius 1 is 0.417 bits per heavy atom. The van der Waals surface area contributed by atoms with Crippen molar-refractivity contribution in [3.8, 4) is 67.9 Å². The van der Waals surface area contributed by atoms with Gasteiger partial charge in [0, 0.05) is 27.7 Å². The highest BCUT2D eigenvalue weighted by atomic mass is 16.3. The molecular weight excluding hydrogens is 589 g/mol. The van der Waals surface area contributed by atoms with E-state index in [4.69, 9.17) is 24.4 Å². The molecule has 0 fully saturated rings. The van der Waals surface area contributed by atoms with Gasteiger partial charge in [-0.05, 0) is 69.8 Å². The molecule has 228 valence electrons. The Morgan fingerprint density at radius 3 is 1.58 bits per heavy atom. The van der Waals surface area contributed by atoms with Gasteiger partial charge >= 0.3 is 0 Å². The summed E-state index contributed by atoms with van der Waals surface area (Å²) in [5, 5.41) is 0. The Balaban J connectivity index is 1.11. The molecule has 6 aromatic carbocycles. The number of nitrogens with zero attached hydrogens (tertiary/aromatic N) is 4. The third kappa shape index (κ3) is 4.71. The average Bonchev–Trinajstić information content (AvgIpc) is 3.67. The molecule has 0 amide bonds. The van der Waals surface area contributed by atoms with Crippen LogP contribution in [0.3, 0.4) is 0 Å². The Bertz CT molecular complexity index is 2410. The van der Waals surface area contributed by atoms with E-state index in [1.165, 1.54) is 22.3 Å². The Morgan fingerprint density at radius 2 is 0.938 bits per heavy atom. The molecule has 0 saturated heterocycles. The second kappa shape index (κ2) is 11.0. The van der Waals surface area contributed by atoms with Crippen LogP contribution in [0, 0.1) is 0 Å². The van der Waals surface area contributed by atoms with E-state index in [1.807, 2.05) is 91.0 Å². The van der Waals surface area contributed by atoms with Crippen molar-refractivity contribution < 1.29 is 4.42 Å². The molecule has 5 nitrogen and oxygen atoms in total. The van der Waals surface area contributed by atoms with Gasteiger partial charge in [-0.3, -0.25) is 0 Å². The first-order valence-corrected chi connectivity index (χ1v) is 16.1. The summed E-state index contributed by atoms with van der Waals surface area (Å²) in [7, 11) is 0. The van der Waals surface area contributed by atoms with E-state index < -0.39 is 0 Å². The maximum Gasteiger partial charge on any atom is 0.227 e. The highest BCUT2D eigenvalue weighted by Gasteiger charge is 2.36. The van der Waals surface area contributed by atoms with Crippen molar-refractivity contribution in [1.29, 1.82) is 0 Å². The molecule has 0 spiro atoms. The molecule has 48 heavy (non-hydrogen) atoms. The van der Waals surface area contributed by atoms with Crippen molar-refractivity contribution in [3.63, 3.8) is 0 Å². The van der Waals surface area contributed by atoms with Crippen LogP contribution in [0.5, 0.6) is 0 Å². The quantitative estimate of drug-likeness (QED) is 0.192. The fourth-order valence-corrected chi connectivity index (χ4v) is 6.81. The van der Waals surface area contributed by atoms with E-state index in [9.17, 15) is 0 Å². The van der Waals surface area contributed by atoms with Crippen molar-refractivity contribution in [2.45, 2.75) is 19.3 Å². The molecular formula is C43H30N4O. The second-order valence-corrected chi connectivity index (χ2v) is 12.8. The van der Waals surface area contributed by atoms with Crippen LogP contribution < -0.4 is 0 Å². The number of oxazole rings is 1. The lowest BCUT2D eigenvalue weighted by atomic mass is 9.81. The molecule has 0 radical (unpaired) electrons. The number of rotatable bonds is 5. The van der Waals surface area contributed by atoms with Crippen LogP contribution in [-0.4, -0.2) is 19.9 Å². The second-order valence-electron chi connectivity index (χ2n) is 12.8. The number of aromatic nitrogens is 4. The molecule has 0 saturated carbocycles. The van der Waals surface area contributed by atoms with E-state index >= 15 is 0 Å². The van der Waals surface area contributed by atoms with E-state index in [1.54, 1.807) is 0 Å². The molecule has 1 aliphatic carbocycles. The van der Waals surface area contributed by atoms with Gasteiger partial charge in [0.25, 0.3) is 0 Å². The Labute approximate surface area is 278 Å². The highest BCUT2D eigenvalue weighted by molar-refractivity contribution is 5.91. The van der Waals surface area contributed by atoms with Crippen LogP contribution in [0.2, 0.25) is 0 Å². The molecule has 8 aromatic rings. The molecule has 0 N–H and O–H groups in total. The van der Waals surface area contributed by atoms with Gasteiger partial charge in [-0.2, -0.15) is 0 Å². The molecule has 5 heteroatoms. The summed E-state index contributed by atoms with van der Waals surface area (Å²) in [6.07, 6.45) is 0. The van der Waals surface area contributed by atoms with Gasteiger partial charge in [0.05, 0.1) is 0 Å². The van der Waals surface area contributed by atoms with Crippen LogP contribution in [0.1, 0.15) is 25.0 Å². The molecule has 0 aliphatic heterocycles. The lowest BCUT2D eigenvalue weighted by Gasteiger charge is -2.22. The normalized spacial score (nSPS) is 13.0.